The number of halogens is 2. The van der Waals surface area contributed by atoms with Gasteiger partial charge in [0.05, 0.1) is 11.6 Å². The molecule has 0 spiro atoms. The van der Waals surface area contributed by atoms with Crippen LogP contribution < -0.4 is 4.74 Å². The molecule has 3 aromatic rings. The van der Waals surface area contributed by atoms with E-state index in [0.29, 0.717) is 27.1 Å². The van der Waals surface area contributed by atoms with Gasteiger partial charge in [-0.25, -0.2) is 9.67 Å². The van der Waals surface area contributed by atoms with Gasteiger partial charge in [-0.05, 0) is 36.4 Å². The number of terminal acetylenes is 1. The molecule has 1 aromatic heterocycles. The average molecular weight is 388 g/mol. The Morgan fingerprint density at radius 3 is 2.50 bits per heavy atom. The van der Waals surface area contributed by atoms with Crippen molar-refractivity contribution in [2.75, 3.05) is 0 Å². The minimum absolute atomic E-state index is 0.0734. The maximum atomic E-state index is 11.1. The van der Waals surface area contributed by atoms with Crippen molar-refractivity contribution < 1.29 is 9.84 Å². The molecule has 2 aromatic carbocycles. The normalized spacial score (nSPS) is 13.0. The molecular weight excluding hydrogens is 373 g/mol. The summed E-state index contributed by atoms with van der Waals surface area (Å²) in [6.07, 6.45) is 8.41. The fourth-order valence-corrected chi connectivity index (χ4v) is 3.04. The molecule has 0 bridgehead atoms. The highest BCUT2D eigenvalue weighted by molar-refractivity contribution is 6.31. The van der Waals surface area contributed by atoms with Gasteiger partial charge in [0, 0.05) is 17.0 Å². The van der Waals surface area contributed by atoms with Crippen molar-refractivity contribution in [2.45, 2.75) is 18.6 Å². The van der Waals surface area contributed by atoms with E-state index in [1.807, 2.05) is 0 Å². The lowest BCUT2D eigenvalue weighted by molar-refractivity contribution is 0.0200. The number of aromatic nitrogens is 3. The number of rotatable bonds is 6. The minimum Gasteiger partial charge on any atom is -0.457 e. The lowest BCUT2D eigenvalue weighted by atomic mass is 9.90. The SMILES string of the molecule is C#CC[C@@](O)(Cn1cncn1)c1ccc(Oc2ccc(Cl)cc2)cc1Cl. The van der Waals surface area contributed by atoms with E-state index in [0.717, 1.165) is 0 Å². The number of ether oxygens (including phenoxy) is 1. The van der Waals surface area contributed by atoms with Crippen LogP contribution in [-0.2, 0) is 12.1 Å². The summed E-state index contributed by atoms with van der Waals surface area (Å²) in [5.41, 5.74) is -0.880. The molecule has 0 amide bonds. The van der Waals surface area contributed by atoms with Crippen LogP contribution in [0.25, 0.3) is 0 Å². The van der Waals surface area contributed by atoms with Crippen molar-refractivity contribution in [1.29, 1.82) is 0 Å². The molecule has 26 heavy (non-hydrogen) atoms. The molecule has 0 aliphatic carbocycles. The number of benzene rings is 2. The van der Waals surface area contributed by atoms with Crippen molar-refractivity contribution in [3.8, 4) is 23.8 Å². The molecule has 1 atom stereocenters. The molecule has 0 fully saturated rings. The Morgan fingerprint density at radius 1 is 1.15 bits per heavy atom. The third kappa shape index (κ3) is 4.17. The molecule has 0 radical (unpaired) electrons. The Bertz CT molecular complexity index is 921. The second-order valence-corrected chi connectivity index (χ2v) is 6.55. The van der Waals surface area contributed by atoms with Crippen LogP contribution in [0.4, 0.5) is 0 Å². The Labute approximate surface area is 161 Å². The second-order valence-electron chi connectivity index (χ2n) is 5.70. The summed E-state index contributed by atoms with van der Waals surface area (Å²) in [6, 6.07) is 12.0. The second kappa shape index (κ2) is 7.79. The highest BCUT2D eigenvalue weighted by Gasteiger charge is 2.32. The van der Waals surface area contributed by atoms with Gasteiger partial charge in [-0.1, -0.05) is 29.3 Å². The lowest BCUT2D eigenvalue weighted by Crippen LogP contribution is -2.31. The van der Waals surface area contributed by atoms with Crippen LogP contribution in [-0.4, -0.2) is 19.9 Å². The third-order valence-electron chi connectivity index (χ3n) is 3.78. The summed E-state index contributed by atoms with van der Waals surface area (Å²) < 4.78 is 7.26. The van der Waals surface area contributed by atoms with Crippen molar-refractivity contribution in [1.82, 2.24) is 14.8 Å². The molecule has 0 aliphatic rings. The van der Waals surface area contributed by atoms with E-state index < -0.39 is 5.60 Å². The maximum absolute atomic E-state index is 11.1. The van der Waals surface area contributed by atoms with Gasteiger partial charge in [-0.15, -0.1) is 12.3 Å². The van der Waals surface area contributed by atoms with Gasteiger partial charge in [0.25, 0.3) is 0 Å². The Balaban J connectivity index is 1.86. The van der Waals surface area contributed by atoms with Crippen molar-refractivity contribution >= 4 is 23.2 Å². The molecule has 132 valence electrons. The highest BCUT2D eigenvalue weighted by atomic mass is 35.5. The first-order valence-corrected chi connectivity index (χ1v) is 8.47. The largest absolute Gasteiger partial charge is 0.457 e. The van der Waals surface area contributed by atoms with E-state index in [1.54, 1.807) is 42.5 Å². The van der Waals surface area contributed by atoms with Crippen molar-refractivity contribution in [2.24, 2.45) is 0 Å². The smallest absolute Gasteiger partial charge is 0.137 e. The highest BCUT2D eigenvalue weighted by Crippen LogP contribution is 2.35. The van der Waals surface area contributed by atoms with Crippen LogP contribution in [0.2, 0.25) is 10.0 Å². The molecule has 0 aliphatic heterocycles. The molecule has 0 unspecified atom stereocenters. The first-order chi connectivity index (χ1) is 12.5. The predicted molar refractivity (Wildman–Crippen MR) is 100 cm³/mol. The number of hydrogen-bond acceptors (Lipinski definition) is 4. The van der Waals surface area contributed by atoms with Crippen molar-refractivity contribution in [3.05, 3.63) is 70.7 Å². The summed E-state index contributed by atoms with van der Waals surface area (Å²) in [6.45, 7) is 0.133. The average Bonchev–Trinajstić information content (AvgIpc) is 3.10. The monoisotopic (exact) mass is 387 g/mol. The molecule has 3 rings (SSSR count). The maximum Gasteiger partial charge on any atom is 0.137 e. The quantitative estimate of drug-likeness (QED) is 0.640. The Morgan fingerprint density at radius 2 is 1.88 bits per heavy atom. The zero-order valence-electron chi connectivity index (χ0n) is 13.6. The van der Waals surface area contributed by atoms with E-state index in [4.69, 9.17) is 34.4 Å². The number of nitrogens with zero attached hydrogens (tertiary/aromatic N) is 3. The van der Waals surface area contributed by atoms with Crippen LogP contribution >= 0.6 is 23.2 Å². The Hall–Kier alpha value is -2.52. The van der Waals surface area contributed by atoms with E-state index >= 15 is 0 Å². The summed E-state index contributed by atoms with van der Waals surface area (Å²) in [5.74, 6) is 3.65. The zero-order valence-corrected chi connectivity index (χ0v) is 15.2. The first kappa shape index (κ1) is 18.3. The van der Waals surface area contributed by atoms with Gasteiger partial charge < -0.3 is 9.84 Å². The van der Waals surface area contributed by atoms with Crippen LogP contribution in [0, 0.1) is 12.3 Å². The van der Waals surface area contributed by atoms with E-state index in [-0.39, 0.29) is 13.0 Å². The van der Waals surface area contributed by atoms with E-state index in [9.17, 15) is 5.11 Å². The van der Waals surface area contributed by atoms with Crippen LogP contribution in [0.15, 0.2) is 55.1 Å². The van der Waals surface area contributed by atoms with Gasteiger partial charge in [0.2, 0.25) is 0 Å². The van der Waals surface area contributed by atoms with Gasteiger partial charge in [0.15, 0.2) is 0 Å². The fourth-order valence-electron chi connectivity index (χ4n) is 2.56. The lowest BCUT2D eigenvalue weighted by Gasteiger charge is -2.27. The van der Waals surface area contributed by atoms with Crippen molar-refractivity contribution in [3.63, 3.8) is 0 Å². The predicted octanol–water partition coefficient (Wildman–Crippen LogP) is 4.29. The van der Waals surface area contributed by atoms with E-state index in [1.165, 1.54) is 17.3 Å². The molecular formula is C19H15Cl2N3O2. The van der Waals surface area contributed by atoms with Crippen LogP contribution in [0.3, 0.4) is 0 Å². The van der Waals surface area contributed by atoms with Crippen LogP contribution in [0.1, 0.15) is 12.0 Å². The van der Waals surface area contributed by atoms with Gasteiger partial charge in [-0.2, -0.15) is 5.10 Å². The summed E-state index contributed by atoms with van der Waals surface area (Å²) in [4.78, 5) is 3.88. The summed E-state index contributed by atoms with van der Waals surface area (Å²) in [7, 11) is 0. The first-order valence-electron chi connectivity index (χ1n) is 7.72. The fraction of sp³-hybridized carbons (Fsp3) is 0.158. The number of hydrogen-bond donors (Lipinski definition) is 1. The Kier molecular flexibility index (Phi) is 5.48. The summed E-state index contributed by atoms with van der Waals surface area (Å²) in [5, 5.41) is 16.1. The standard InChI is InChI=1S/C19H15Cl2N3O2/c1-2-9-19(25,11-24-13-22-12-23-24)17-8-7-16(10-18(17)21)26-15-5-3-14(20)4-6-15/h1,3-8,10,12-13,25H,9,11H2/t19-/m1/s1. The van der Waals surface area contributed by atoms with Gasteiger partial charge >= 0.3 is 0 Å². The van der Waals surface area contributed by atoms with Crippen LogP contribution in [0.5, 0.6) is 11.5 Å². The van der Waals surface area contributed by atoms with Gasteiger partial charge in [-0.3, -0.25) is 0 Å². The van der Waals surface area contributed by atoms with Gasteiger partial charge in [0.1, 0.15) is 29.8 Å². The topological polar surface area (TPSA) is 60.2 Å². The third-order valence-corrected chi connectivity index (χ3v) is 4.34. The molecule has 0 saturated carbocycles. The molecule has 1 heterocycles. The summed E-state index contributed by atoms with van der Waals surface area (Å²) >= 11 is 12.3. The molecule has 1 N–H and O–H groups in total. The zero-order chi connectivity index (χ0) is 18.6. The molecule has 7 heteroatoms. The molecule has 0 saturated heterocycles. The van der Waals surface area contributed by atoms with E-state index in [2.05, 4.69) is 16.0 Å². The molecule has 5 nitrogen and oxygen atoms in total. The minimum atomic E-state index is -1.38. The number of aliphatic hydroxyl groups is 1.